The Kier molecular flexibility index (Phi) is 4.20. The van der Waals surface area contributed by atoms with E-state index in [1.165, 1.54) is 0 Å². The molecule has 1 aliphatic rings. The van der Waals surface area contributed by atoms with Gasteiger partial charge in [-0.15, -0.1) is 0 Å². The third-order valence-corrected chi connectivity index (χ3v) is 5.11. The minimum atomic E-state index is -4.01. The van der Waals surface area contributed by atoms with Crippen LogP contribution in [0.1, 0.15) is 32.6 Å². The SMILES string of the molecule is CC1CCCCC1NS(=O)(=O)c1cc(F)ccc1F. The van der Waals surface area contributed by atoms with Gasteiger partial charge in [0.2, 0.25) is 10.0 Å². The first-order valence-corrected chi connectivity index (χ1v) is 7.86. The third kappa shape index (κ3) is 3.30. The van der Waals surface area contributed by atoms with Crippen LogP contribution < -0.4 is 4.72 Å². The summed E-state index contributed by atoms with van der Waals surface area (Å²) in [5.41, 5.74) is 0. The van der Waals surface area contributed by atoms with Crippen molar-refractivity contribution in [1.82, 2.24) is 4.72 Å². The molecule has 1 aromatic carbocycles. The molecule has 3 nitrogen and oxygen atoms in total. The van der Waals surface area contributed by atoms with Crippen molar-refractivity contribution in [2.24, 2.45) is 5.92 Å². The molecular weight excluding hydrogens is 272 g/mol. The summed E-state index contributed by atoms with van der Waals surface area (Å²) >= 11 is 0. The van der Waals surface area contributed by atoms with Crippen LogP contribution in [-0.2, 0) is 10.0 Å². The number of hydrogen-bond acceptors (Lipinski definition) is 2. The standard InChI is InChI=1S/C13H17F2NO2S/c1-9-4-2-3-5-12(9)16-19(17,18)13-8-10(14)6-7-11(13)15/h6-9,12,16H,2-5H2,1H3. The number of hydrogen-bond donors (Lipinski definition) is 1. The smallest absolute Gasteiger partial charge is 0.208 e. The van der Waals surface area contributed by atoms with E-state index in [0.29, 0.717) is 6.07 Å². The topological polar surface area (TPSA) is 46.2 Å². The summed E-state index contributed by atoms with van der Waals surface area (Å²) in [4.78, 5) is -0.620. The highest BCUT2D eigenvalue weighted by Gasteiger charge is 2.28. The van der Waals surface area contributed by atoms with Gasteiger partial charge in [0.15, 0.2) is 0 Å². The zero-order chi connectivity index (χ0) is 14.0. The summed E-state index contributed by atoms with van der Waals surface area (Å²) in [6.45, 7) is 1.97. The predicted molar refractivity (Wildman–Crippen MR) is 68.1 cm³/mol. The van der Waals surface area contributed by atoms with Crippen LogP contribution in [-0.4, -0.2) is 14.5 Å². The van der Waals surface area contributed by atoms with Crippen LogP contribution in [0.25, 0.3) is 0 Å². The van der Waals surface area contributed by atoms with E-state index in [-0.39, 0.29) is 12.0 Å². The molecule has 0 aromatic heterocycles. The van der Waals surface area contributed by atoms with E-state index in [9.17, 15) is 17.2 Å². The van der Waals surface area contributed by atoms with E-state index < -0.39 is 26.6 Å². The van der Waals surface area contributed by atoms with Gasteiger partial charge >= 0.3 is 0 Å². The van der Waals surface area contributed by atoms with Crippen LogP contribution in [0.3, 0.4) is 0 Å². The van der Waals surface area contributed by atoms with E-state index in [1.54, 1.807) is 0 Å². The van der Waals surface area contributed by atoms with Crippen LogP contribution in [0.5, 0.6) is 0 Å². The molecule has 0 bridgehead atoms. The molecule has 1 fully saturated rings. The van der Waals surface area contributed by atoms with Crippen LogP contribution >= 0.6 is 0 Å². The summed E-state index contributed by atoms with van der Waals surface area (Å²) in [5.74, 6) is -1.49. The second-order valence-corrected chi connectivity index (χ2v) is 6.75. The van der Waals surface area contributed by atoms with E-state index in [0.717, 1.165) is 37.8 Å². The number of halogens is 2. The maximum atomic E-state index is 13.5. The summed E-state index contributed by atoms with van der Waals surface area (Å²) < 4.78 is 53.3. The van der Waals surface area contributed by atoms with E-state index in [4.69, 9.17) is 0 Å². The van der Waals surface area contributed by atoms with Crippen LogP contribution in [0.2, 0.25) is 0 Å². The van der Waals surface area contributed by atoms with Gasteiger partial charge in [-0.1, -0.05) is 19.8 Å². The van der Waals surface area contributed by atoms with Gasteiger partial charge in [0, 0.05) is 6.04 Å². The van der Waals surface area contributed by atoms with Gasteiger partial charge in [0.25, 0.3) is 0 Å². The molecule has 2 unspecified atom stereocenters. The molecule has 1 aromatic rings. The Balaban J connectivity index is 2.24. The van der Waals surface area contributed by atoms with Crippen molar-refractivity contribution in [3.63, 3.8) is 0 Å². The van der Waals surface area contributed by atoms with E-state index in [2.05, 4.69) is 4.72 Å². The van der Waals surface area contributed by atoms with Crippen molar-refractivity contribution in [1.29, 1.82) is 0 Å². The number of sulfonamides is 1. The summed E-state index contributed by atoms with van der Waals surface area (Å²) in [6, 6.07) is 2.23. The molecule has 2 rings (SSSR count). The first kappa shape index (κ1) is 14.4. The minimum absolute atomic E-state index is 0.207. The third-order valence-electron chi connectivity index (χ3n) is 3.60. The Bertz CT molecular complexity index is 560. The largest absolute Gasteiger partial charge is 0.243 e. The van der Waals surface area contributed by atoms with Gasteiger partial charge in [0.1, 0.15) is 16.5 Å². The van der Waals surface area contributed by atoms with Gasteiger partial charge in [-0.05, 0) is 37.0 Å². The molecule has 19 heavy (non-hydrogen) atoms. The molecule has 1 saturated carbocycles. The van der Waals surface area contributed by atoms with Crippen molar-refractivity contribution in [3.8, 4) is 0 Å². The van der Waals surface area contributed by atoms with E-state index in [1.807, 2.05) is 6.92 Å². The number of rotatable bonds is 3. The van der Waals surface area contributed by atoms with Gasteiger partial charge < -0.3 is 0 Å². The highest BCUT2D eigenvalue weighted by atomic mass is 32.2. The van der Waals surface area contributed by atoms with Crippen molar-refractivity contribution in [3.05, 3.63) is 29.8 Å². The molecule has 1 aliphatic carbocycles. The molecule has 0 amide bonds. The normalized spacial score (nSPS) is 24.4. The predicted octanol–water partition coefficient (Wildman–Crippen LogP) is 2.82. The first-order chi connectivity index (χ1) is 8.90. The first-order valence-electron chi connectivity index (χ1n) is 6.37. The van der Waals surface area contributed by atoms with Gasteiger partial charge in [-0.2, -0.15) is 0 Å². The van der Waals surface area contributed by atoms with Crippen molar-refractivity contribution in [2.45, 2.75) is 43.5 Å². The monoisotopic (exact) mass is 289 g/mol. The molecule has 6 heteroatoms. The Labute approximate surface area is 112 Å². The maximum absolute atomic E-state index is 13.5. The van der Waals surface area contributed by atoms with Gasteiger partial charge in [-0.25, -0.2) is 21.9 Å². The molecule has 0 aliphatic heterocycles. The lowest BCUT2D eigenvalue weighted by atomic mass is 9.87. The minimum Gasteiger partial charge on any atom is -0.208 e. The van der Waals surface area contributed by atoms with Crippen molar-refractivity contribution >= 4 is 10.0 Å². The van der Waals surface area contributed by atoms with Gasteiger partial charge in [0.05, 0.1) is 0 Å². The van der Waals surface area contributed by atoms with Crippen LogP contribution in [0, 0.1) is 17.6 Å². The van der Waals surface area contributed by atoms with Gasteiger partial charge in [-0.3, -0.25) is 0 Å². The van der Waals surface area contributed by atoms with Crippen LogP contribution in [0.15, 0.2) is 23.1 Å². The molecule has 0 spiro atoms. The average Bonchev–Trinajstić information content (AvgIpc) is 2.35. The Hall–Kier alpha value is -1.01. The zero-order valence-corrected chi connectivity index (χ0v) is 11.5. The molecule has 0 saturated heterocycles. The fourth-order valence-electron chi connectivity index (χ4n) is 2.44. The summed E-state index contributed by atoms with van der Waals surface area (Å²) in [7, 11) is -4.01. The van der Waals surface area contributed by atoms with Crippen molar-refractivity contribution in [2.75, 3.05) is 0 Å². The Morgan fingerprint density at radius 3 is 2.58 bits per heavy atom. The summed E-state index contributed by atoms with van der Waals surface area (Å²) in [5, 5.41) is 0. The second kappa shape index (κ2) is 5.54. The molecule has 2 atom stereocenters. The average molecular weight is 289 g/mol. The number of nitrogens with one attached hydrogen (secondary N) is 1. The molecule has 0 radical (unpaired) electrons. The Morgan fingerprint density at radius 2 is 1.89 bits per heavy atom. The lowest BCUT2D eigenvalue weighted by molar-refractivity contribution is 0.310. The molecule has 1 N–H and O–H groups in total. The maximum Gasteiger partial charge on any atom is 0.243 e. The van der Waals surface area contributed by atoms with E-state index >= 15 is 0 Å². The lowest BCUT2D eigenvalue weighted by Crippen LogP contribution is -2.41. The second-order valence-electron chi connectivity index (χ2n) is 5.06. The highest BCUT2D eigenvalue weighted by molar-refractivity contribution is 7.89. The molecular formula is C13H17F2NO2S. The molecule has 0 heterocycles. The van der Waals surface area contributed by atoms with Crippen LogP contribution in [0.4, 0.5) is 8.78 Å². The lowest BCUT2D eigenvalue weighted by Gasteiger charge is -2.29. The fourth-order valence-corrected chi connectivity index (χ4v) is 3.91. The highest BCUT2D eigenvalue weighted by Crippen LogP contribution is 2.26. The zero-order valence-electron chi connectivity index (χ0n) is 10.7. The quantitative estimate of drug-likeness (QED) is 0.930. The fraction of sp³-hybridized carbons (Fsp3) is 0.538. The summed E-state index contributed by atoms with van der Waals surface area (Å²) in [6.07, 6.45) is 3.70. The number of benzene rings is 1. The Morgan fingerprint density at radius 1 is 1.21 bits per heavy atom. The molecule has 106 valence electrons. The van der Waals surface area contributed by atoms with Crippen molar-refractivity contribution < 1.29 is 17.2 Å².